The van der Waals surface area contributed by atoms with E-state index < -0.39 is 10.0 Å². The summed E-state index contributed by atoms with van der Waals surface area (Å²) in [6, 6.07) is 11.6. The molecule has 0 spiro atoms. The van der Waals surface area contributed by atoms with E-state index in [-0.39, 0.29) is 4.90 Å². The zero-order chi connectivity index (χ0) is 14.8. The molecule has 0 aromatic heterocycles. The lowest BCUT2D eigenvalue weighted by molar-refractivity contribution is 0.414. The van der Waals surface area contributed by atoms with Crippen LogP contribution in [0.2, 0.25) is 0 Å². The van der Waals surface area contributed by atoms with Gasteiger partial charge in [-0.05, 0) is 38.1 Å². The van der Waals surface area contributed by atoms with E-state index in [1.165, 1.54) is 19.2 Å². The summed E-state index contributed by atoms with van der Waals surface area (Å²) in [6.07, 6.45) is 0. The van der Waals surface area contributed by atoms with Gasteiger partial charge in [-0.3, -0.25) is 0 Å². The lowest BCUT2D eigenvalue weighted by Gasteiger charge is -2.23. The molecule has 0 N–H and O–H groups in total. The van der Waals surface area contributed by atoms with Crippen LogP contribution < -0.4 is 4.74 Å². The number of sulfonamides is 1. The van der Waals surface area contributed by atoms with Crippen molar-refractivity contribution in [1.29, 1.82) is 0 Å². The molecule has 106 valence electrons. The number of benzene rings is 2. The molecule has 0 heterocycles. The SMILES string of the molecule is COc1ccc(S(=O)(=O)[N-]c2cc(C)cc(C)c2)cc1. The summed E-state index contributed by atoms with van der Waals surface area (Å²) in [5, 5.41) is 0. The second-order valence-electron chi connectivity index (χ2n) is 4.59. The fraction of sp³-hybridized carbons (Fsp3) is 0.200. The van der Waals surface area contributed by atoms with Gasteiger partial charge in [-0.15, -0.1) is 5.69 Å². The third-order valence-electron chi connectivity index (χ3n) is 2.79. The third-order valence-corrected chi connectivity index (χ3v) is 4.11. The highest BCUT2D eigenvalue weighted by molar-refractivity contribution is 7.94. The molecule has 0 atom stereocenters. The van der Waals surface area contributed by atoms with Crippen LogP contribution in [-0.2, 0) is 10.0 Å². The van der Waals surface area contributed by atoms with Crippen molar-refractivity contribution in [3.63, 3.8) is 0 Å². The van der Waals surface area contributed by atoms with Crippen molar-refractivity contribution in [2.75, 3.05) is 7.11 Å². The molecule has 0 aliphatic rings. The first-order chi connectivity index (χ1) is 9.40. The van der Waals surface area contributed by atoms with Gasteiger partial charge in [-0.25, -0.2) is 8.42 Å². The van der Waals surface area contributed by atoms with Crippen molar-refractivity contribution in [2.24, 2.45) is 0 Å². The highest BCUT2D eigenvalue weighted by atomic mass is 32.2. The van der Waals surface area contributed by atoms with Gasteiger partial charge in [-0.2, -0.15) is 0 Å². The van der Waals surface area contributed by atoms with E-state index in [1.807, 2.05) is 19.9 Å². The molecular formula is C15H16NO3S-. The minimum absolute atomic E-state index is 0.150. The Balaban J connectivity index is 2.30. The van der Waals surface area contributed by atoms with Crippen LogP contribution >= 0.6 is 0 Å². The predicted molar refractivity (Wildman–Crippen MR) is 79.1 cm³/mol. The van der Waals surface area contributed by atoms with Crippen LogP contribution in [0.5, 0.6) is 5.75 Å². The fourth-order valence-electron chi connectivity index (χ4n) is 1.94. The Kier molecular flexibility index (Phi) is 3.99. The number of aryl methyl sites for hydroxylation is 2. The second kappa shape index (κ2) is 5.54. The van der Waals surface area contributed by atoms with E-state index in [2.05, 4.69) is 4.72 Å². The molecule has 0 unspecified atom stereocenters. The van der Waals surface area contributed by atoms with Gasteiger partial charge in [0.15, 0.2) is 0 Å². The minimum Gasteiger partial charge on any atom is -0.573 e. The maximum absolute atomic E-state index is 12.2. The van der Waals surface area contributed by atoms with Crippen LogP contribution in [0.25, 0.3) is 4.72 Å². The number of methoxy groups -OCH3 is 1. The van der Waals surface area contributed by atoms with Gasteiger partial charge in [-0.1, -0.05) is 29.3 Å². The highest BCUT2D eigenvalue weighted by Gasteiger charge is 2.05. The van der Waals surface area contributed by atoms with Crippen molar-refractivity contribution < 1.29 is 13.2 Å². The zero-order valence-electron chi connectivity index (χ0n) is 11.6. The zero-order valence-corrected chi connectivity index (χ0v) is 12.4. The molecule has 0 fully saturated rings. The Morgan fingerprint density at radius 2 is 1.50 bits per heavy atom. The average Bonchev–Trinajstić information content (AvgIpc) is 2.37. The summed E-state index contributed by atoms with van der Waals surface area (Å²) in [7, 11) is -2.17. The molecule has 20 heavy (non-hydrogen) atoms. The molecule has 0 bridgehead atoms. The Bertz CT molecular complexity index is 686. The first-order valence-electron chi connectivity index (χ1n) is 6.11. The van der Waals surface area contributed by atoms with Gasteiger partial charge >= 0.3 is 0 Å². The number of rotatable bonds is 4. The Morgan fingerprint density at radius 1 is 0.950 bits per heavy atom. The molecule has 5 heteroatoms. The maximum Gasteiger partial charge on any atom is 0.123 e. The summed E-state index contributed by atoms with van der Waals surface area (Å²) in [5.74, 6) is 0.607. The summed E-state index contributed by atoms with van der Waals surface area (Å²) >= 11 is 0. The van der Waals surface area contributed by atoms with E-state index >= 15 is 0 Å². The summed E-state index contributed by atoms with van der Waals surface area (Å²) in [4.78, 5) is 0.150. The number of ether oxygens (including phenoxy) is 1. The van der Waals surface area contributed by atoms with Gasteiger partial charge in [0, 0.05) is 0 Å². The average molecular weight is 290 g/mol. The smallest absolute Gasteiger partial charge is 0.123 e. The minimum atomic E-state index is -3.70. The van der Waals surface area contributed by atoms with E-state index in [0.717, 1.165) is 11.1 Å². The lowest BCUT2D eigenvalue weighted by Crippen LogP contribution is -1.98. The van der Waals surface area contributed by atoms with Gasteiger partial charge < -0.3 is 9.46 Å². The van der Waals surface area contributed by atoms with Gasteiger partial charge in [0.2, 0.25) is 0 Å². The monoisotopic (exact) mass is 290 g/mol. The largest absolute Gasteiger partial charge is 0.573 e. The predicted octanol–water partition coefficient (Wildman–Crippen LogP) is 3.71. The molecule has 0 saturated carbocycles. The standard InChI is InChI=1S/C15H16NO3S/c1-11-8-12(2)10-13(9-11)16-20(17,18)15-6-4-14(19-3)5-7-15/h4-10H,1-3H3/q-1. The molecule has 0 saturated heterocycles. The van der Waals surface area contributed by atoms with Crippen LogP contribution in [0.3, 0.4) is 0 Å². The van der Waals surface area contributed by atoms with Gasteiger partial charge in [0.25, 0.3) is 0 Å². The van der Waals surface area contributed by atoms with E-state index in [4.69, 9.17) is 4.74 Å². The molecule has 4 nitrogen and oxygen atoms in total. The van der Waals surface area contributed by atoms with E-state index in [9.17, 15) is 8.42 Å². The van der Waals surface area contributed by atoms with E-state index in [0.29, 0.717) is 11.4 Å². The van der Waals surface area contributed by atoms with Crippen molar-refractivity contribution >= 4 is 15.7 Å². The van der Waals surface area contributed by atoms with Crippen LogP contribution in [0.4, 0.5) is 5.69 Å². The van der Waals surface area contributed by atoms with Crippen molar-refractivity contribution in [3.05, 3.63) is 58.3 Å². The van der Waals surface area contributed by atoms with Crippen molar-refractivity contribution in [1.82, 2.24) is 0 Å². The molecule has 0 radical (unpaired) electrons. The molecule has 2 rings (SSSR count). The Labute approximate surface area is 119 Å². The Hall–Kier alpha value is -2.01. The van der Waals surface area contributed by atoms with Crippen LogP contribution in [-0.4, -0.2) is 15.5 Å². The number of hydrogen-bond acceptors (Lipinski definition) is 3. The first kappa shape index (κ1) is 14.4. The topological polar surface area (TPSA) is 57.5 Å². The molecule has 0 aliphatic heterocycles. The normalized spacial score (nSPS) is 11.2. The number of hydrogen-bond donors (Lipinski definition) is 0. The Morgan fingerprint density at radius 3 is 2.00 bits per heavy atom. The molecule has 2 aromatic carbocycles. The highest BCUT2D eigenvalue weighted by Crippen LogP contribution is 2.30. The summed E-state index contributed by atoms with van der Waals surface area (Å²) in [5.41, 5.74) is 2.40. The first-order valence-corrected chi connectivity index (χ1v) is 7.55. The van der Waals surface area contributed by atoms with Crippen LogP contribution in [0.15, 0.2) is 47.4 Å². The van der Waals surface area contributed by atoms with Crippen LogP contribution in [0.1, 0.15) is 11.1 Å². The number of nitrogens with zero attached hydrogens (tertiary/aromatic N) is 1. The summed E-state index contributed by atoms with van der Waals surface area (Å²) < 4.78 is 33.3. The quantitative estimate of drug-likeness (QED) is 0.862. The molecule has 0 amide bonds. The van der Waals surface area contributed by atoms with Gasteiger partial charge in [0.05, 0.1) is 12.0 Å². The molecular weight excluding hydrogens is 274 g/mol. The summed E-state index contributed by atoms with van der Waals surface area (Å²) in [6.45, 7) is 3.82. The molecule has 0 aliphatic carbocycles. The van der Waals surface area contributed by atoms with Crippen molar-refractivity contribution in [2.45, 2.75) is 18.7 Å². The lowest BCUT2D eigenvalue weighted by atomic mass is 10.1. The second-order valence-corrected chi connectivity index (χ2v) is 6.19. The fourth-order valence-corrected chi connectivity index (χ4v) is 2.91. The van der Waals surface area contributed by atoms with Gasteiger partial charge in [0.1, 0.15) is 15.8 Å². The van der Waals surface area contributed by atoms with E-state index in [1.54, 1.807) is 24.3 Å². The maximum atomic E-state index is 12.2. The third kappa shape index (κ3) is 3.30. The van der Waals surface area contributed by atoms with Crippen LogP contribution in [0, 0.1) is 13.8 Å². The van der Waals surface area contributed by atoms with Crippen molar-refractivity contribution in [3.8, 4) is 5.75 Å². The molecule has 2 aromatic rings.